The molecule has 0 bridgehead atoms. The molecule has 0 atom stereocenters. The number of benzene rings is 1. The zero-order chi connectivity index (χ0) is 20.7. The van der Waals surface area contributed by atoms with Gasteiger partial charge in [0, 0.05) is 36.0 Å². The second-order valence-electron chi connectivity index (χ2n) is 5.99. The van der Waals surface area contributed by atoms with Crippen molar-refractivity contribution in [2.75, 3.05) is 24.7 Å². The van der Waals surface area contributed by atoms with Crippen LogP contribution in [0.1, 0.15) is 23.2 Å². The second kappa shape index (κ2) is 9.76. The van der Waals surface area contributed by atoms with Gasteiger partial charge < -0.3 is 15.2 Å². The molecule has 0 fully saturated rings. The topological polar surface area (TPSA) is 95.2 Å². The summed E-state index contributed by atoms with van der Waals surface area (Å²) in [7, 11) is 1.50. The fraction of sp³-hybridized carbons (Fsp3) is 0.300. The van der Waals surface area contributed by atoms with Gasteiger partial charge >= 0.3 is 0 Å². The second-order valence-corrected chi connectivity index (χ2v) is 6.78. The lowest BCUT2D eigenvalue weighted by atomic mass is 10.1. The Balaban J connectivity index is 2.25. The SMILES string of the molecule is C#Cc1cccc(N(CC(=O)NC)C(=O)CCc2c(C)nc(SC)[nH]c2=O)c1. The molecule has 0 aliphatic rings. The molecule has 0 aliphatic heterocycles. The molecular formula is C20H22N4O3S. The number of aromatic nitrogens is 2. The Morgan fingerprint density at radius 2 is 2.14 bits per heavy atom. The van der Waals surface area contributed by atoms with E-state index in [0.29, 0.717) is 27.7 Å². The smallest absolute Gasteiger partial charge is 0.254 e. The molecule has 7 nitrogen and oxygen atoms in total. The number of H-pyrrole nitrogens is 1. The average Bonchev–Trinajstić information content (AvgIpc) is 2.70. The van der Waals surface area contributed by atoms with E-state index < -0.39 is 0 Å². The Labute approximate surface area is 167 Å². The number of likely N-dealkylation sites (N-methyl/N-ethyl adjacent to an activating group) is 1. The molecule has 0 saturated carbocycles. The summed E-state index contributed by atoms with van der Waals surface area (Å²) in [6.45, 7) is 1.61. The van der Waals surface area contributed by atoms with Crippen LogP contribution in [0.2, 0.25) is 0 Å². The summed E-state index contributed by atoms with van der Waals surface area (Å²) in [4.78, 5) is 45.4. The first-order valence-corrected chi connectivity index (χ1v) is 9.83. The molecule has 0 radical (unpaired) electrons. The fourth-order valence-corrected chi connectivity index (χ4v) is 3.08. The molecule has 0 spiro atoms. The number of carbonyl (C=O) groups excluding carboxylic acids is 2. The minimum absolute atomic E-state index is 0.0570. The molecule has 2 rings (SSSR count). The molecule has 2 N–H and O–H groups in total. The van der Waals surface area contributed by atoms with E-state index in [1.165, 1.54) is 23.7 Å². The maximum atomic E-state index is 12.9. The minimum atomic E-state index is -0.306. The van der Waals surface area contributed by atoms with Gasteiger partial charge in [-0.2, -0.15) is 0 Å². The first-order chi connectivity index (χ1) is 13.4. The Bertz CT molecular complexity index is 978. The molecule has 2 amide bonds. The van der Waals surface area contributed by atoms with Crippen molar-refractivity contribution >= 4 is 29.3 Å². The van der Waals surface area contributed by atoms with E-state index in [-0.39, 0.29) is 36.8 Å². The molecule has 2 aromatic rings. The number of hydrogen-bond acceptors (Lipinski definition) is 5. The molecule has 0 saturated heterocycles. The van der Waals surface area contributed by atoms with E-state index in [0.717, 1.165) is 0 Å². The van der Waals surface area contributed by atoms with Crippen molar-refractivity contribution in [3.8, 4) is 12.3 Å². The normalized spacial score (nSPS) is 10.2. The Morgan fingerprint density at radius 1 is 1.39 bits per heavy atom. The van der Waals surface area contributed by atoms with Crippen LogP contribution in [0, 0.1) is 19.3 Å². The number of aromatic amines is 1. The van der Waals surface area contributed by atoms with Crippen molar-refractivity contribution in [2.45, 2.75) is 24.9 Å². The van der Waals surface area contributed by atoms with E-state index in [4.69, 9.17) is 6.42 Å². The van der Waals surface area contributed by atoms with Gasteiger partial charge in [0.1, 0.15) is 6.54 Å². The quantitative estimate of drug-likeness (QED) is 0.419. The van der Waals surface area contributed by atoms with Crippen LogP contribution < -0.4 is 15.8 Å². The third-order valence-corrected chi connectivity index (χ3v) is 4.77. The van der Waals surface area contributed by atoms with Crippen LogP contribution in [0.25, 0.3) is 0 Å². The fourth-order valence-electron chi connectivity index (χ4n) is 2.65. The number of nitrogens with zero attached hydrogens (tertiary/aromatic N) is 2. The summed E-state index contributed by atoms with van der Waals surface area (Å²) in [6, 6.07) is 6.87. The van der Waals surface area contributed by atoms with Gasteiger partial charge in [-0.1, -0.05) is 23.7 Å². The van der Waals surface area contributed by atoms with Crippen LogP contribution in [-0.4, -0.2) is 41.6 Å². The van der Waals surface area contributed by atoms with Gasteiger partial charge in [0.15, 0.2) is 5.16 Å². The van der Waals surface area contributed by atoms with Gasteiger partial charge in [-0.25, -0.2) is 4.98 Å². The lowest BCUT2D eigenvalue weighted by Crippen LogP contribution is -2.40. The lowest BCUT2D eigenvalue weighted by Gasteiger charge is -2.22. The number of carbonyl (C=O) groups is 2. The van der Waals surface area contributed by atoms with Crippen molar-refractivity contribution in [2.24, 2.45) is 0 Å². The van der Waals surface area contributed by atoms with Crippen LogP contribution in [0.15, 0.2) is 34.2 Å². The van der Waals surface area contributed by atoms with Crippen molar-refractivity contribution in [1.82, 2.24) is 15.3 Å². The molecule has 0 aliphatic carbocycles. The summed E-state index contributed by atoms with van der Waals surface area (Å²) >= 11 is 1.34. The third-order valence-electron chi connectivity index (χ3n) is 4.19. The molecule has 0 unspecified atom stereocenters. The summed E-state index contributed by atoms with van der Waals surface area (Å²) in [5, 5.41) is 3.05. The van der Waals surface area contributed by atoms with E-state index in [9.17, 15) is 14.4 Å². The van der Waals surface area contributed by atoms with Crippen LogP contribution in [0.4, 0.5) is 5.69 Å². The highest BCUT2D eigenvalue weighted by Crippen LogP contribution is 2.18. The minimum Gasteiger partial charge on any atom is -0.358 e. The molecule has 1 aromatic heterocycles. The van der Waals surface area contributed by atoms with Crippen LogP contribution in [0.5, 0.6) is 0 Å². The highest BCUT2D eigenvalue weighted by molar-refractivity contribution is 7.98. The standard InChI is InChI=1S/C20H22N4O3S/c1-5-14-7-6-8-15(11-14)24(12-17(25)21-3)18(26)10-9-16-13(2)22-20(28-4)23-19(16)27/h1,6-8,11H,9-10,12H2,2-4H3,(H,21,25)(H,22,23,27). The number of thioether (sulfide) groups is 1. The summed E-state index contributed by atoms with van der Waals surface area (Å²) in [5.41, 5.74) is 1.94. The summed E-state index contributed by atoms with van der Waals surface area (Å²) in [6.07, 6.45) is 7.54. The van der Waals surface area contributed by atoms with Crippen molar-refractivity contribution in [3.05, 3.63) is 51.4 Å². The molecule has 1 aromatic carbocycles. The Hall–Kier alpha value is -3.05. The highest BCUT2D eigenvalue weighted by Gasteiger charge is 2.20. The van der Waals surface area contributed by atoms with Gasteiger partial charge in [-0.05, 0) is 37.8 Å². The first kappa shape index (κ1) is 21.3. The number of hydrogen-bond donors (Lipinski definition) is 2. The van der Waals surface area contributed by atoms with Gasteiger partial charge in [0.2, 0.25) is 11.8 Å². The maximum absolute atomic E-state index is 12.9. The van der Waals surface area contributed by atoms with E-state index in [1.807, 2.05) is 6.26 Å². The zero-order valence-electron chi connectivity index (χ0n) is 16.0. The summed E-state index contributed by atoms with van der Waals surface area (Å²) in [5.74, 6) is 1.93. The molecular weight excluding hydrogens is 376 g/mol. The number of terminal acetylenes is 1. The van der Waals surface area contributed by atoms with Crippen molar-refractivity contribution in [3.63, 3.8) is 0 Å². The maximum Gasteiger partial charge on any atom is 0.254 e. The zero-order valence-corrected chi connectivity index (χ0v) is 16.9. The van der Waals surface area contributed by atoms with Gasteiger partial charge in [-0.15, -0.1) is 6.42 Å². The van der Waals surface area contributed by atoms with Crippen LogP contribution >= 0.6 is 11.8 Å². The van der Waals surface area contributed by atoms with Gasteiger partial charge in [0.25, 0.3) is 5.56 Å². The number of amides is 2. The largest absolute Gasteiger partial charge is 0.358 e. The van der Waals surface area contributed by atoms with E-state index in [1.54, 1.807) is 31.2 Å². The molecule has 8 heteroatoms. The van der Waals surface area contributed by atoms with Crippen molar-refractivity contribution in [1.29, 1.82) is 0 Å². The summed E-state index contributed by atoms with van der Waals surface area (Å²) < 4.78 is 0. The van der Waals surface area contributed by atoms with Crippen LogP contribution in [-0.2, 0) is 16.0 Å². The Morgan fingerprint density at radius 3 is 2.75 bits per heavy atom. The third kappa shape index (κ3) is 5.24. The molecule has 146 valence electrons. The average molecular weight is 398 g/mol. The Kier molecular flexibility index (Phi) is 7.41. The molecule has 1 heterocycles. The predicted octanol–water partition coefficient (Wildman–Crippen LogP) is 1.49. The van der Waals surface area contributed by atoms with E-state index in [2.05, 4.69) is 21.2 Å². The predicted molar refractivity (Wildman–Crippen MR) is 110 cm³/mol. The number of rotatable bonds is 7. The van der Waals surface area contributed by atoms with Gasteiger partial charge in [-0.3, -0.25) is 14.4 Å². The number of anilines is 1. The van der Waals surface area contributed by atoms with E-state index >= 15 is 0 Å². The van der Waals surface area contributed by atoms with Gasteiger partial charge in [0.05, 0.1) is 0 Å². The lowest BCUT2D eigenvalue weighted by molar-refractivity contribution is -0.123. The first-order valence-electron chi connectivity index (χ1n) is 8.61. The monoisotopic (exact) mass is 398 g/mol. The van der Waals surface area contributed by atoms with Crippen LogP contribution in [0.3, 0.4) is 0 Å². The van der Waals surface area contributed by atoms with Crippen molar-refractivity contribution < 1.29 is 9.59 Å². The highest BCUT2D eigenvalue weighted by atomic mass is 32.2. The molecule has 28 heavy (non-hydrogen) atoms. The number of aryl methyl sites for hydroxylation is 1. The number of nitrogens with one attached hydrogen (secondary N) is 2.